The number of piperidine rings is 1. The molecule has 1 aliphatic carbocycles. The average Bonchev–Trinajstić information content (AvgIpc) is 3.31. The number of nitrogens with one attached hydrogen (secondary N) is 1. The molecule has 2 atom stereocenters. The summed E-state index contributed by atoms with van der Waals surface area (Å²) in [5.74, 6) is 0.954. The van der Waals surface area contributed by atoms with Crippen LogP contribution in [0.1, 0.15) is 50.5 Å². The molecular weight excluding hydrogens is 310 g/mol. The molecule has 0 radical (unpaired) electrons. The fourth-order valence-corrected chi connectivity index (χ4v) is 4.20. The Balaban J connectivity index is 0.00000156. The molecule has 1 N–H and O–H groups in total. The van der Waals surface area contributed by atoms with Crippen LogP contribution in [0, 0.1) is 5.92 Å². The summed E-state index contributed by atoms with van der Waals surface area (Å²) in [5, 5.41) is 3.67. The number of aromatic nitrogens is 1. The fourth-order valence-electron chi connectivity index (χ4n) is 4.20. The van der Waals surface area contributed by atoms with Crippen molar-refractivity contribution in [3.05, 3.63) is 30.1 Å². The number of halogens is 1. The van der Waals surface area contributed by atoms with Crippen LogP contribution in [0.4, 0.5) is 0 Å². The van der Waals surface area contributed by atoms with Crippen LogP contribution >= 0.6 is 12.4 Å². The van der Waals surface area contributed by atoms with Gasteiger partial charge in [-0.15, -0.1) is 12.4 Å². The highest BCUT2D eigenvalue weighted by atomic mass is 35.5. The van der Waals surface area contributed by atoms with E-state index >= 15 is 0 Å². The first-order valence-corrected chi connectivity index (χ1v) is 8.72. The van der Waals surface area contributed by atoms with E-state index in [9.17, 15) is 4.79 Å². The summed E-state index contributed by atoms with van der Waals surface area (Å²) < 4.78 is 0. The maximum absolute atomic E-state index is 12.8. The lowest BCUT2D eigenvalue weighted by Crippen LogP contribution is -2.40. The maximum Gasteiger partial charge on any atom is 0.223 e. The monoisotopic (exact) mass is 335 g/mol. The molecule has 0 aromatic carbocycles. The van der Waals surface area contributed by atoms with E-state index in [1.54, 1.807) is 0 Å². The lowest BCUT2D eigenvalue weighted by atomic mass is 9.89. The lowest BCUT2D eigenvalue weighted by Gasteiger charge is -2.31. The Hall–Kier alpha value is -1.13. The van der Waals surface area contributed by atoms with Crippen LogP contribution in [0.15, 0.2) is 24.5 Å². The van der Waals surface area contributed by atoms with Crippen molar-refractivity contribution >= 4 is 18.3 Å². The van der Waals surface area contributed by atoms with Gasteiger partial charge in [0.05, 0.1) is 0 Å². The van der Waals surface area contributed by atoms with Crippen LogP contribution in [0.3, 0.4) is 0 Å². The van der Waals surface area contributed by atoms with Gasteiger partial charge in [0.15, 0.2) is 0 Å². The molecule has 2 unspecified atom stereocenters. The van der Waals surface area contributed by atoms with Crippen LogP contribution in [0.25, 0.3) is 0 Å². The molecule has 2 aliphatic heterocycles. The molecule has 3 heterocycles. The van der Waals surface area contributed by atoms with E-state index in [-0.39, 0.29) is 12.4 Å². The number of carbonyl (C=O) groups excluding carboxylic acids is 1. The van der Waals surface area contributed by atoms with Crippen LogP contribution in [-0.2, 0) is 11.3 Å². The summed E-state index contributed by atoms with van der Waals surface area (Å²) in [6.45, 7) is 0.754. The van der Waals surface area contributed by atoms with Crippen molar-refractivity contribution in [3.63, 3.8) is 0 Å². The highest BCUT2D eigenvalue weighted by molar-refractivity contribution is 5.85. The maximum atomic E-state index is 12.8. The van der Waals surface area contributed by atoms with Gasteiger partial charge in [-0.2, -0.15) is 0 Å². The summed E-state index contributed by atoms with van der Waals surface area (Å²) in [7, 11) is 0. The van der Waals surface area contributed by atoms with Crippen LogP contribution < -0.4 is 5.32 Å². The standard InChI is InChI=1S/C18H25N3O.ClH/c22-18(11-14-9-15-1-2-16(10-14)20-15)21(17-3-4-17)12-13-5-7-19-8-6-13;/h5-8,14-17,20H,1-4,9-12H2;1H. The predicted molar refractivity (Wildman–Crippen MR) is 92.3 cm³/mol. The van der Waals surface area contributed by atoms with E-state index in [1.165, 1.54) is 44.1 Å². The molecule has 0 spiro atoms. The Kier molecular flexibility index (Phi) is 5.22. The lowest BCUT2D eigenvalue weighted by molar-refractivity contribution is -0.133. The van der Waals surface area contributed by atoms with Crippen LogP contribution in [0.5, 0.6) is 0 Å². The first-order chi connectivity index (χ1) is 10.8. The molecule has 5 heteroatoms. The van der Waals surface area contributed by atoms with Gasteiger partial charge in [0.2, 0.25) is 5.91 Å². The van der Waals surface area contributed by atoms with Gasteiger partial charge in [0.25, 0.3) is 0 Å². The summed E-state index contributed by atoms with van der Waals surface area (Å²) in [4.78, 5) is 19.0. The number of hydrogen-bond donors (Lipinski definition) is 1. The van der Waals surface area contributed by atoms with Crippen molar-refractivity contribution in [2.75, 3.05) is 0 Å². The quantitative estimate of drug-likeness (QED) is 0.900. The summed E-state index contributed by atoms with van der Waals surface area (Å²) in [6, 6.07) is 5.87. The number of amides is 1. The van der Waals surface area contributed by atoms with Crippen LogP contribution in [-0.4, -0.2) is 33.9 Å². The largest absolute Gasteiger partial charge is 0.335 e. The zero-order chi connectivity index (χ0) is 14.9. The first-order valence-electron chi connectivity index (χ1n) is 8.72. The van der Waals surface area contributed by atoms with Crippen molar-refractivity contribution in [1.29, 1.82) is 0 Å². The highest BCUT2D eigenvalue weighted by Gasteiger charge is 2.37. The van der Waals surface area contributed by atoms with Crippen molar-refractivity contribution < 1.29 is 4.79 Å². The van der Waals surface area contributed by atoms with E-state index in [4.69, 9.17) is 0 Å². The normalized spacial score (nSPS) is 29.0. The van der Waals surface area contributed by atoms with E-state index in [2.05, 4.69) is 15.2 Å². The van der Waals surface area contributed by atoms with Gasteiger partial charge in [0, 0.05) is 43.5 Å². The van der Waals surface area contributed by atoms with Gasteiger partial charge in [0.1, 0.15) is 0 Å². The van der Waals surface area contributed by atoms with E-state index in [1.807, 2.05) is 24.5 Å². The number of rotatable bonds is 5. The van der Waals surface area contributed by atoms with E-state index < -0.39 is 0 Å². The number of nitrogens with zero attached hydrogens (tertiary/aromatic N) is 2. The molecule has 1 amide bonds. The molecule has 4 nitrogen and oxygen atoms in total. The minimum atomic E-state index is 0. The zero-order valence-electron chi connectivity index (χ0n) is 13.5. The van der Waals surface area contributed by atoms with Gasteiger partial charge in [-0.05, 0) is 62.1 Å². The molecule has 3 aliphatic rings. The van der Waals surface area contributed by atoms with Gasteiger partial charge in [-0.25, -0.2) is 0 Å². The molecule has 126 valence electrons. The van der Waals surface area contributed by atoms with Gasteiger partial charge >= 0.3 is 0 Å². The SMILES string of the molecule is Cl.O=C(CC1CC2CCC(C1)N2)N(Cc1ccncc1)C1CC1. The number of pyridine rings is 1. The Morgan fingerprint density at radius 2 is 1.78 bits per heavy atom. The van der Waals surface area contributed by atoms with Gasteiger partial charge < -0.3 is 10.2 Å². The van der Waals surface area contributed by atoms with Crippen molar-refractivity contribution in [2.24, 2.45) is 5.92 Å². The third kappa shape index (κ3) is 4.04. The minimum Gasteiger partial charge on any atom is -0.335 e. The second-order valence-electron chi connectivity index (χ2n) is 7.29. The van der Waals surface area contributed by atoms with Gasteiger partial charge in [-0.1, -0.05) is 0 Å². The molecule has 3 fully saturated rings. The number of carbonyl (C=O) groups is 1. The molecule has 1 aromatic rings. The van der Waals surface area contributed by atoms with E-state index in [0.717, 1.165) is 13.0 Å². The molecule has 2 saturated heterocycles. The van der Waals surface area contributed by atoms with Crippen LogP contribution in [0.2, 0.25) is 0 Å². The number of fused-ring (bicyclic) bond motifs is 2. The third-order valence-electron chi connectivity index (χ3n) is 5.44. The second kappa shape index (κ2) is 7.18. The third-order valence-corrected chi connectivity index (χ3v) is 5.44. The Morgan fingerprint density at radius 1 is 1.13 bits per heavy atom. The topological polar surface area (TPSA) is 45.2 Å². The predicted octanol–water partition coefficient (Wildman–Crippen LogP) is 2.92. The Labute approximate surface area is 144 Å². The summed E-state index contributed by atoms with van der Waals surface area (Å²) >= 11 is 0. The van der Waals surface area contributed by atoms with Gasteiger partial charge in [-0.3, -0.25) is 9.78 Å². The zero-order valence-corrected chi connectivity index (χ0v) is 14.3. The Morgan fingerprint density at radius 3 is 2.39 bits per heavy atom. The highest BCUT2D eigenvalue weighted by Crippen LogP contribution is 2.35. The number of hydrogen-bond acceptors (Lipinski definition) is 3. The average molecular weight is 336 g/mol. The Bertz CT molecular complexity index is 522. The molecular formula is C18H26ClN3O. The minimum absolute atomic E-state index is 0. The van der Waals surface area contributed by atoms with Crippen molar-refractivity contribution in [2.45, 2.75) is 69.6 Å². The van der Waals surface area contributed by atoms with E-state index in [0.29, 0.717) is 30.0 Å². The van der Waals surface area contributed by atoms with Crippen molar-refractivity contribution in [1.82, 2.24) is 15.2 Å². The smallest absolute Gasteiger partial charge is 0.223 e. The molecule has 2 bridgehead atoms. The molecule has 4 rings (SSSR count). The summed E-state index contributed by atoms with van der Waals surface area (Å²) in [6.07, 6.45) is 11.7. The van der Waals surface area contributed by atoms with Crippen molar-refractivity contribution in [3.8, 4) is 0 Å². The molecule has 1 saturated carbocycles. The summed E-state index contributed by atoms with van der Waals surface area (Å²) in [5.41, 5.74) is 1.20. The first kappa shape index (κ1) is 16.7. The second-order valence-corrected chi connectivity index (χ2v) is 7.29. The molecule has 1 aromatic heterocycles. The fraction of sp³-hybridized carbons (Fsp3) is 0.667. The molecule has 23 heavy (non-hydrogen) atoms.